The molecule has 30 heavy (non-hydrogen) atoms. The average molecular weight is 437 g/mol. The van der Waals surface area contributed by atoms with Crippen LogP contribution in [0.4, 0.5) is 22.7 Å². The number of halogens is 4. The van der Waals surface area contributed by atoms with Crippen molar-refractivity contribution in [3.63, 3.8) is 0 Å². The molecule has 0 spiro atoms. The Bertz CT molecular complexity index is 1120. The zero-order valence-electron chi connectivity index (χ0n) is 15.4. The summed E-state index contributed by atoms with van der Waals surface area (Å²) >= 11 is 0.990. The normalized spacial score (nSPS) is 13.2. The van der Waals surface area contributed by atoms with Crippen molar-refractivity contribution < 1.29 is 17.6 Å². The molecule has 0 bridgehead atoms. The largest absolute Gasteiger partial charge is 0.433 e. The number of rotatable bonds is 4. The Morgan fingerprint density at radius 2 is 1.90 bits per heavy atom. The van der Waals surface area contributed by atoms with Gasteiger partial charge in [-0.3, -0.25) is 4.98 Å². The van der Waals surface area contributed by atoms with Gasteiger partial charge >= 0.3 is 6.18 Å². The summed E-state index contributed by atoms with van der Waals surface area (Å²) in [5.74, 6) is -0.363. The third kappa shape index (κ3) is 4.89. The number of pyridine rings is 1. The van der Waals surface area contributed by atoms with Gasteiger partial charge in [-0.2, -0.15) is 22.5 Å². The minimum absolute atomic E-state index is 0.00744. The first-order valence-electron chi connectivity index (χ1n) is 8.35. The van der Waals surface area contributed by atoms with Crippen LogP contribution in [0.2, 0.25) is 0 Å². The molecule has 0 saturated heterocycles. The first-order chi connectivity index (χ1) is 14.1. The molecule has 7 nitrogen and oxygen atoms in total. The van der Waals surface area contributed by atoms with Gasteiger partial charge in [0, 0.05) is 28.9 Å². The summed E-state index contributed by atoms with van der Waals surface area (Å²) in [5.41, 5.74) is 10.6. The van der Waals surface area contributed by atoms with Crippen molar-refractivity contribution in [2.45, 2.75) is 13.1 Å². The van der Waals surface area contributed by atoms with E-state index in [0.717, 1.165) is 23.8 Å². The smallest absolute Gasteiger partial charge is 0.397 e. The fourth-order valence-corrected chi connectivity index (χ4v) is 3.00. The SMILES string of the molecule is Cc1nsc(N=C(N)N/C(=C(\N)c2ccnc(C(F)(F)F)c2)c2ccccc2F)n1. The van der Waals surface area contributed by atoms with Crippen LogP contribution in [0.25, 0.3) is 11.4 Å². The molecule has 5 N–H and O–H groups in total. The standard InChI is InChI=1S/C18H15F4N7S/c1-9-26-17(30-29-9)28-16(24)27-15(11-4-2-3-5-12(11)19)14(23)10-6-7-25-13(8-10)18(20,21)22/h2-8H,23H2,1H3,(H3,24,26,27,28,29)/b15-14-. The molecule has 2 aromatic heterocycles. The first-order valence-corrected chi connectivity index (χ1v) is 9.12. The first kappa shape index (κ1) is 21.2. The van der Waals surface area contributed by atoms with E-state index in [1.807, 2.05) is 0 Å². The number of aliphatic imine (C=N–C) groups is 1. The molecular weight excluding hydrogens is 422 g/mol. The Labute approximate surface area is 172 Å². The maximum atomic E-state index is 14.4. The van der Waals surface area contributed by atoms with Gasteiger partial charge in [0.05, 0.1) is 11.4 Å². The second kappa shape index (κ2) is 8.45. The number of hydrogen-bond acceptors (Lipinski definition) is 6. The molecule has 0 aliphatic carbocycles. The van der Waals surface area contributed by atoms with E-state index in [2.05, 4.69) is 24.7 Å². The van der Waals surface area contributed by atoms with E-state index >= 15 is 0 Å². The molecule has 0 aliphatic rings. The molecule has 0 radical (unpaired) electrons. The van der Waals surface area contributed by atoms with E-state index < -0.39 is 17.7 Å². The lowest BCUT2D eigenvalue weighted by Crippen LogP contribution is -2.31. The summed E-state index contributed by atoms with van der Waals surface area (Å²) in [6.07, 6.45) is -3.70. The number of nitrogens with one attached hydrogen (secondary N) is 1. The lowest BCUT2D eigenvalue weighted by molar-refractivity contribution is -0.141. The molecule has 3 aromatic rings. The lowest BCUT2D eigenvalue weighted by atomic mass is 10.0. The van der Waals surface area contributed by atoms with Gasteiger partial charge in [0.2, 0.25) is 11.1 Å². The number of nitrogens with two attached hydrogens (primary N) is 2. The van der Waals surface area contributed by atoms with Crippen LogP contribution in [0, 0.1) is 12.7 Å². The maximum Gasteiger partial charge on any atom is 0.433 e. The van der Waals surface area contributed by atoms with Gasteiger partial charge in [0.15, 0.2) is 0 Å². The highest BCUT2D eigenvalue weighted by molar-refractivity contribution is 7.09. The van der Waals surface area contributed by atoms with Crippen molar-refractivity contribution in [3.05, 3.63) is 71.1 Å². The lowest BCUT2D eigenvalue weighted by Gasteiger charge is -2.16. The molecule has 0 saturated carbocycles. The summed E-state index contributed by atoms with van der Waals surface area (Å²) in [6, 6.07) is 7.62. The van der Waals surface area contributed by atoms with E-state index in [-0.39, 0.29) is 33.6 Å². The van der Waals surface area contributed by atoms with E-state index in [9.17, 15) is 17.6 Å². The fourth-order valence-electron chi connectivity index (χ4n) is 2.43. The summed E-state index contributed by atoms with van der Waals surface area (Å²) < 4.78 is 57.5. The monoisotopic (exact) mass is 437 g/mol. The van der Waals surface area contributed by atoms with E-state index in [4.69, 9.17) is 11.5 Å². The minimum atomic E-state index is -4.67. The molecule has 0 atom stereocenters. The van der Waals surface area contributed by atoms with Crippen molar-refractivity contribution in [3.8, 4) is 0 Å². The Balaban J connectivity index is 2.10. The predicted molar refractivity (Wildman–Crippen MR) is 106 cm³/mol. The number of guanidine groups is 1. The van der Waals surface area contributed by atoms with E-state index in [0.29, 0.717) is 5.82 Å². The number of nitrogens with zero attached hydrogens (tertiary/aromatic N) is 4. The van der Waals surface area contributed by atoms with E-state index in [1.165, 1.54) is 24.3 Å². The Kier molecular flexibility index (Phi) is 5.96. The van der Waals surface area contributed by atoms with Crippen LogP contribution in [-0.2, 0) is 6.18 Å². The van der Waals surface area contributed by atoms with Gasteiger partial charge in [0.1, 0.15) is 17.3 Å². The van der Waals surface area contributed by atoms with Gasteiger partial charge < -0.3 is 16.8 Å². The highest BCUT2D eigenvalue weighted by Gasteiger charge is 2.32. The molecule has 1 aromatic carbocycles. The Hall–Kier alpha value is -3.54. The zero-order valence-corrected chi connectivity index (χ0v) is 16.2. The molecule has 2 heterocycles. The van der Waals surface area contributed by atoms with Gasteiger partial charge in [-0.1, -0.05) is 12.1 Å². The van der Waals surface area contributed by atoms with Crippen LogP contribution in [0.1, 0.15) is 22.6 Å². The Morgan fingerprint density at radius 3 is 2.53 bits per heavy atom. The van der Waals surface area contributed by atoms with Crippen molar-refractivity contribution >= 4 is 34.0 Å². The number of benzene rings is 1. The molecule has 0 amide bonds. The van der Waals surface area contributed by atoms with Gasteiger partial charge in [-0.05, 0) is 31.2 Å². The van der Waals surface area contributed by atoms with Crippen LogP contribution in [0.3, 0.4) is 0 Å². The fraction of sp³-hybridized carbons (Fsp3) is 0.111. The van der Waals surface area contributed by atoms with Crippen LogP contribution < -0.4 is 16.8 Å². The third-order valence-electron chi connectivity index (χ3n) is 3.76. The van der Waals surface area contributed by atoms with Crippen LogP contribution in [-0.4, -0.2) is 20.3 Å². The summed E-state index contributed by atoms with van der Waals surface area (Å²) in [7, 11) is 0. The molecule has 0 fully saturated rings. The van der Waals surface area contributed by atoms with Crippen LogP contribution in [0.5, 0.6) is 0 Å². The second-order valence-corrected chi connectivity index (χ2v) is 6.67. The number of hydrogen-bond donors (Lipinski definition) is 3. The summed E-state index contributed by atoms with van der Waals surface area (Å²) in [6.45, 7) is 1.67. The van der Waals surface area contributed by atoms with Crippen LogP contribution in [0.15, 0.2) is 47.6 Å². The highest BCUT2D eigenvalue weighted by atomic mass is 32.1. The quantitative estimate of drug-likeness (QED) is 0.327. The second-order valence-electron chi connectivity index (χ2n) is 5.94. The molecule has 0 unspecified atom stereocenters. The van der Waals surface area contributed by atoms with Crippen LogP contribution >= 0.6 is 11.5 Å². The minimum Gasteiger partial charge on any atom is -0.397 e. The summed E-state index contributed by atoms with van der Waals surface area (Å²) in [5, 5.41) is 2.91. The molecule has 156 valence electrons. The van der Waals surface area contributed by atoms with Crippen molar-refractivity contribution in [2.75, 3.05) is 0 Å². The zero-order chi connectivity index (χ0) is 21.9. The number of alkyl halides is 3. The van der Waals surface area contributed by atoms with Crippen molar-refractivity contribution in [2.24, 2.45) is 16.5 Å². The predicted octanol–water partition coefficient (Wildman–Crippen LogP) is 3.42. The maximum absolute atomic E-state index is 14.4. The van der Waals surface area contributed by atoms with Gasteiger partial charge in [0.25, 0.3) is 0 Å². The van der Waals surface area contributed by atoms with Crippen molar-refractivity contribution in [1.29, 1.82) is 0 Å². The number of aryl methyl sites for hydroxylation is 1. The molecule has 0 aliphatic heterocycles. The topological polar surface area (TPSA) is 115 Å². The van der Waals surface area contributed by atoms with E-state index in [1.54, 1.807) is 13.0 Å². The average Bonchev–Trinajstić information content (AvgIpc) is 3.10. The molecular formula is C18H15F4N7S. The third-order valence-corrected chi connectivity index (χ3v) is 4.46. The molecule has 12 heteroatoms. The Morgan fingerprint density at radius 1 is 1.17 bits per heavy atom. The number of aromatic nitrogens is 3. The van der Waals surface area contributed by atoms with Gasteiger partial charge in [-0.25, -0.2) is 9.37 Å². The summed E-state index contributed by atoms with van der Waals surface area (Å²) in [4.78, 5) is 11.4. The highest BCUT2D eigenvalue weighted by Crippen LogP contribution is 2.30. The molecule has 3 rings (SSSR count). The van der Waals surface area contributed by atoms with Crippen molar-refractivity contribution in [1.82, 2.24) is 19.7 Å². The van der Waals surface area contributed by atoms with Gasteiger partial charge in [-0.15, -0.1) is 0 Å².